The average Bonchev–Trinajstić information content (AvgIpc) is 3.50. The van der Waals surface area contributed by atoms with Crippen molar-refractivity contribution in [3.63, 3.8) is 0 Å². The number of carbonyl (C=O) groups is 1. The Balaban J connectivity index is 1.45. The zero-order valence-electron chi connectivity index (χ0n) is 23.1. The highest BCUT2D eigenvalue weighted by Crippen LogP contribution is 2.39. The molecule has 41 heavy (non-hydrogen) atoms. The normalized spacial score (nSPS) is 16.0. The van der Waals surface area contributed by atoms with E-state index in [1.165, 1.54) is 6.20 Å². The van der Waals surface area contributed by atoms with Crippen LogP contribution in [-0.4, -0.2) is 55.2 Å². The summed E-state index contributed by atoms with van der Waals surface area (Å²) < 4.78 is 49.4. The second-order valence-electron chi connectivity index (χ2n) is 11.2. The molecule has 1 aromatic carbocycles. The molecule has 1 aliphatic heterocycles. The third kappa shape index (κ3) is 5.99. The third-order valence-electron chi connectivity index (χ3n) is 6.89. The van der Waals surface area contributed by atoms with Crippen molar-refractivity contribution in [1.29, 1.82) is 5.26 Å². The largest absolute Gasteiger partial charge is 0.444 e. The molecule has 1 atom stereocenters. The number of benzene rings is 1. The Kier molecular flexibility index (Phi) is 7.15. The summed E-state index contributed by atoms with van der Waals surface area (Å²) in [6.45, 7) is 6.22. The summed E-state index contributed by atoms with van der Waals surface area (Å²) in [7, 11) is 1.77. The van der Waals surface area contributed by atoms with Gasteiger partial charge in [-0.1, -0.05) is 12.1 Å². The number of anilines is 1. The summed E-state index contributed by atoms with van der Waals surface area (Å²) in [5, 5.41) is 13.0. The fourth-order valence-corrected chi connectivity index (χ4v) is 4.97. The fraction of sp³-hybridized carbons (Fsp3) is 0.379. The van der Waals surface area contributed by atoms with Crippen molar-refractivity contribution in [3.05, 3.63) is 54.1 Å². The van der Waals surface area contributed by atoms with Gasteiger partial charge < -0.3 is 24.5 Å². The molecule has 12 heteroatoms. The number of piperidine rings is 1. The number of nitrogens with one attached hydrogen (secondary N) is 2. The van der Waals surface area contributed by atoms with Gasteiger partial charge in [-0.3, -0.25) is 0 Å². The summed E-state index contributed by atoms with van der Waals surface area (Å²) >= 11 is 0. The van der Waals surface area contributed by atoms with E-state index in [0.717, 1.165) is 17.3 Å². The number of halogens is 3. The Hall–Kier alpha value is -4.53. The molecular weight excluding hydrogens is 535 g/mol. The van der Waals surface area contributed by atoms with Gasteiger partial charge in [-0.25, -0.2) is 14.8 Å². The van der Waals surface area contributed by atoms with Crippen molar-refractivity contribution in [1.82, 2.24) is 24.4 Å². The summed E-state index contributed by atoms with van der Waals surface area (Å²) in [5.74, 6) is 0.0447. The number of alkyl halides is 3. The number of amides is 1. The van der Waals surface area contributed by atoms with E-state index in [1.54, 1.807) is 55.5 Å². The molecule has 0 bridgehead atoms. The van der Waals surface area contributed by atoms with Gasteiger partial charge >= 0.3 is 12.3 Å². The van der Waals surface area contributed by atoms with Crippen molar-refractivity contribution in [2.45, 2.75) is 51.4 Å². The molecule has 0 unspecified atom stereocenters. The van der Waals surface area contributed by atoms with Gasteiger partial charge in [0, 0.05) is 66.8 Å². The van der Waals surface area contributed by atoms with Gasteiger partial charge in [0.2, 0.25) is 5.95 Å². The lowest BCUT2D eigenvalue weighted by Gasteiger charge is -2.34. The van der Waals surface area contributed by atoms with Crippen LogP contribution in [0.5, 0.6) is 0 Å². The number of H-pyrrole nitrogens is 1. The summed E-state index contributed by atoms with van der Waals surface area (Å²) in [6, 6.07) is 9.00. The standard InChI is InChI=1S/C29H30F3N7O2/c1-28(2,3)41-27(40)39-9-5-6-19(16-39)36-26-35-14-23(29(30,31)32)25(37-26)22-13-34-24-11-17(7-8-21(22)24)18-10-20(12-33)38(4)15-18/h7-8,10-11,13-15,19,34H,5-6,9,16H2,1-4H3,(H,35,36,37)/t19-/m0/s1. The van der Waals surface area contributed by atoms with Crippen LogP contribution in [0.1, 0.15) is 44.9 Å². The zero-order chi connectivity index (χ0) is 29.5. The highest BCUT2D eigenvalue weighted by atomic mass is 19.4. The fourth-order valence-electron chi connectivity index (χ4n) is 4.97. The van der Waals surface area contributed by atoms with Crippen LogP contribution in [0.3, 0.4) is 0 Å². The number of nitriles is 1. The van der Waals surface area contributed by atoms with Gasteiger partial charge in [-0.05, 0) is 51.3 Å². The maximum atomic E-state index is 14.1. The van der Waals surface area contributed by atoms with E-state index in [2.05, 4.69) is 26.3 Å². The van der Waals surface area contributed by atoms with Crippen molar-refractivity contribution in [3.8, 4) is 28.5 Å². The molecule has 9 nitrogen and oxygen atoms in total. The van der Waals surface area contributed by atoms with E-state index in [0.29, 0.717) is 42.5 Å². The number of likely N-dealkylation sites (tertiary alicyclic amines) is 1. The van der Waals surface area contributed by atoms with Gasteiger partial charge in [-0.15, -0.1) is 0 Å². The van der Waals surface area contributed by atoms with Gasteiger partial charge in [0.15, 0.2) is 0 Å². The van der Waals surface area contributed by atoms with Crippen LogP contribution < -0.4 is 5.32 Å². The molecule has 5 rings (SSSR count). The summed E-state index contributed by atoms with van der Waals surface area (Å²) in [5.41, 5.74) is 1.21. The Labute approximate surface area is 235 Å². The maximum Gasteiger partial charge on any atom is 0.419 e. The first-order valence-electron chi connectivity index (χ1n) is 13.2. The number of aromatic amines is 1. The second kappa shape index (κ2) is 10.5. The average molecular weight is 566 g/mol. The minimum absolute atomic E-state index is 0.0447. The van der Waals surface area contributed by atoms with Gasteiger partial charge in [0.05, 0.1) is 5.69 Å². The molecule has 1 amide bonds. The molecule has 1 aliphatic rings. The van der Waals surface area contributed by atoms with E-state index in [9.17, 15) is 23.2 Å². The molecule has 1 fully saturated rings. The van der Waals surface area contributed by atoms with Gasteiger partial charge in [0.1, 0.15) is 22.9 Å². The Morgan fingerprint density at radius 1 is 1.22 bits per heavy atom. The van der Waals surface area contributed by atoms with Crippen LogP contribution in [0.15, 0.2) is 42.9 Å². The first kappa shape index (κ1) is 28.0. The van der Waals surface area contributed by atoms with Crippen molar-refractivity contribution >= 4 is 22.9 Å². The lowest BCUT2D eigenvalue weighted by atomic mass is 10.0. The van der Waals surface area contributed by atoms with Crippen molar-refractivity contribution in [2.75, 3.05) is 18.4 Å². The molecule has 1 saturated heterocycles. The number of fused-ring (bicyclic) bond motifs is 1. The van der Waals surface area contributed by atoms with Gasteiger partial charge in [-0.2, -0.15) is 18.4 Å². The molecule has 0 spiro atoms. The van der Waals surface area contributed by atoms with E-state index in [1.807, 2.05) is 12.3 Å². The quantitative estimate of drug-likeness (QED) is 0.299. The van der Waals surface area contributed by atoms with Crippen molar-refractivity contribution < 1.29 is 22.7 Å². The van der Waals surface area contributed by atoms with Crippen LogP contribution in [0.2, 0.25) is 0 Å². The molecule has 3 aromatic heterocycles. The topological polar surface area (TPSA) is 112 Å². The molecule has 0 saturated carbocycles. The van der Waals surface area contributed by atoms with Gasteiger partial charge in [0.25, 0.3) is 0 Å². The second-order valence-corrected chi connectivity index (χ2v) is 11.2. The maximum absolute atomic E-state index is 14.1. The molecule has 4 aromatic rings. The molecule has 2 N–H and O–H groups in total. The number of aryl methyl sites for hydroxylation is 1. The van der Waals surface area contributed by atoms with Crippen LogP contribution in [0, 0.1) is 11.3 Å². The first-order chi connectivity index (χ1) is 19.3. The monoisotopic (exact) mass is 565 g/mol. The first-order valence-corrected chi connectivity index (χ1v) is 13.2. The molecule has 4 heterocycles. The van der Waals surface area contributed by atoms with E-state index < -0.39 is 23.4 Å². The number of aromatic nitrogens is 4. The van der Waals surface area contributed by atoms with Crippen LogP contribution in [-0.2, 0) is 18.0 Å². The van der Waals surface area contributed by atoms with Crippen LogP contribution in [0.25, 0.3) is 33.3 Å². The lowest BCUT2D eigenvalue weighted by molar-refractivity contribution is -0.137. The summed E-state index contributed by atoms with van der Waals surface area (Å²) in [4.78, 5) is 25.5. The van der Waals surface area contributed by atoms with E-state index in [-0.39, 0.29) is 23.2 Å². The number of nitrogens with zero attached hydrogens (tertiary/aromatic N) is 5. The van der Waals surface area contributed by atoms with E-state index >= 15 is 0 Å². The Bertz CT molecular complexity index is 1640. The highest BCUT2D eigenvalue weighted by Gasteiger charge is 2.36. The summed E-state index contributed by atoms with van der Waals surface area (Å²) in [6.07, 6.45) is 0.409. The predicted octanol–water partition coefficient (Wildman–Crippen LogP) is 6.33. The molecule has 0 radical (unpaired) electrons. The number of rotatable bonds is 4. The number of carbonyl (C=O) groups excluding carboxylic acids is 1. The molecule has 0 aliphatic carbocycles. The third-order valence-corrected chi connectivity index (χ3v) is 6.89. The lowest BCUT2D eigenvalue weighted by Crippen LogP contribution is -2.47. The minimum Gasteiger partial charge on any atom is -0.444 e. The number of ether oxygens (including phenoxy) is 1. The van der Waals surface area contributed by atoms with Crippen molar-refractivity contribution in [2.24, 2.45) is 7.05 Å². The molecule has 214 valence electrons. The Morgan fingerprint density at radius 3 is 2.68 bits per heavy atom. The van der Waals surface area contributed by atoms with Crippen LogP contribution >= 0.6 is 0 Å². The van der Waals surface area contributed by atoms with E-state index in [4.69, 9.17) is 4.74 Å². The number of hydrogen-bond acceptors (Lipinski definition) is 6. The SMILES string of the molecule is Cn1cc(-c2ccc3c(-c4nc(N[C@H]5CCCN(C(=O)OC(C)(C)C)C5)ncc4C(F)(F)F)c[nH]c3c2)cc1C#N. The highest BCUT2D eigenvalue weighted by molar-refractivity contribution is 5.97. The molecular formula is C29H30F3N7O2. The zero-order valence-corrected chi connectivity index (χ0v) is 23.1. The Morgan fingerprint density at radius 2 is 2.00 bits per heavy atom. The smallest absolute Gasteiger partial charge is 0.419 e. The predicted molar refractivity (Wildman–Crippen MR) is 148 cm³/mol. The number of hydrogen-bond donors (Lipinski definition) is 2. The van der Waals surface area contributed by atoms with Crippen LogP contribution in [0.4, 0.5) is 23.9 Å². The minimum atomic E-state index is -4.67.